The molecule has 5 heteroatoms. The van der Waals surface area contributed by atoms with E-state index in [0.717, 1.165) is 49.9 Å². The predicted octanol–water partition coefficient (Wildman–Crippen LogP) is 12.2. The normalized spacial score (nSPS) is 11.7. The van der Waals surface area contributed by atoms with Crippen molar-refractivity contribution in [3.8, 4) is 45.5 Å². The largest absolute Gasteiger partial charge is 0.309 e. The molecule has 11 aromatic rings. The van der Waals surface area contributed by atoms with Crippen LogP contribution >= 0.6 is 0 Å². The first-order chi connectivity index (χ1) is 26.8. The number of para-hydroxylation sites is 3. The van der Waals surface area contributed by atoms with Crippen LogP contribution in [-0.2, 0) is 0 Å². The predicted molar refractivity (Wildman–Crippen MR) is 222 cm³/mol. The molecular weight excluding hydrogens is 659 g/mol. The maximum Gasteiger partial charge on any atom is 0.164 e. The molecule has 3 heterocycles. The summed E-state index contributed by atoms with van der Waals surface area (Å²) in [6, 6.07) is 66.2. The van der Waals surface area contributed by atoms with Crippen molar-refractivity contribution >= 4 is 54.4 Å². The molecular formula is C49H31N5. The Bertz CT molecular complexity index is 3150. The van der Waals surface area contributed by atoms with Crippen LogP contribution in [-0.4, -0.2) is 24.1 Å². The van der Waals surface area contributed by atoms with Gasteiger partial charge in [0.05, 0.1) is 22.1 Å². The molecule has 0 radical (unpaired) electrons. The van der Waals surface area contributed by atoms with Crippen LogP contribution in [0.15, 0.2) is 188 Å². The summed E-state index contributed by atoms with van der Waals surface area (Å²) in [6.45, 7) is 0. The zero-order chi connectivity index (χ0) is 35.6. The van der Waals surface area contributed by atoms with Gasteiger partial charge in [0.15, 0.2) is 17.5 Å². The van der Waals surface area contributed by atoms with Crippen LogP contribution in [0, 0.1) is 0 Å². The molecule has 3 aromatic heterocycles. The lowest BCUT2D eigenvalue weighted by molar-refractivity contribution is 1.07. The fourth-order valence-corrected chi connectivity index (χ4v) is 8.10. The first kappa shape index (κ1) is 30.3. The van der Waals surface area contributed by atoms with Gasteiger partial charge in [-0.05, 0) is 65.4 Å². The summed E-state index contributed by atoms with van der Waals surface area (Å²) in [6.07, 6.45) is 0. The molecule has 252 valence electrons. The van der Waals surface area contributed by atoms with E-state index in [4.69, 9.17) is 15.0 Å². The van der Waals surface area contributed by atoms with Gasteiger partial charge in [0.2, 0.25) is 0 Å². The molecule has 0 unspecified atom stereocenters. The Labute approximate surface area is 311 Å². The smallest absolute Gasteiger partial charge is 0.164 e. The van der Waals surface area contributed by atoms with Gasteiger partial charge in [0, 0.05) is 49.6 Å². The van der Waals surface area contributed by atoms with Gasteiger partial charge >= 0.3 is 0 Å². The van der Waals surface area contributed by atoms with Crippen molar-refractivity contribution in [2.45, 2.75) is 0 Å². The van der Waals surface area contributed by atoms with E-state index < -0.39 is 0 Å². The van der Waals surface area contributed by atoms with E-state index in [1.807, 2.05) is 30.3 Å². The van der Waals surface area contributed by atoms with E-state index in [-0.39, 0.29) is 0 Å². The SMILES string of the molecule is c1ccc(-c2nc(-c3ccc(-n4c5ccccc5c5ccc(-n6c7ccccc7c7ccccc76)cc54)cc3)nc(-c3cccc4ccccc34)n2)cc1. The van der Waals surface area contributed by atoms with Gasteiger partial charge in [-0.1, -0.05) is 133 Å². The fraction of sp³-hybridized carbons (Fsp3) is 0. The van der Waals surface area contributed by atoms with Crippen LogP contribution in [0.25, 0.3) is 99.9 Å². The highest BCUT2D eigenvalue weighted by atomic mass is 15.0. The van der Waals surface area contributed by atoms with Gasteiger partial charge in [-0.15, -0.1) is 0 Å². The Hall–Kier alpha value is -7.37. The zero-order valence-electron chi connectivity index (χ0n) is 29.1. The summed E-state index contributed by atoms with van der Waals surface area (Å²) in [5.41, 5.74) is 9.74. The van der Waals surface area contributed by atoms with E-state index in [0.29, 0.717) is 17.5 Å². The summed E-state index contributed by atoms with van der Waals surface area (Å²) in [4.78, 5) is 15.1. The molecule has 0 aliphatic heterocycles. The summed E-state index contributed by atoms with van der Waals surface area (Å²) in [7, 11) is 0. The molecule has 0 fully saturated rings. The average Bonchev–Trinajstić information content (AvgIpc) is 3.76. The minimum absolute atomic E-state index is 0.634. The number of hydrogen-bond donors (Lipinski definition) is 0. The summed E-state index contributed by atoms with van der Waals surface area (Å²) < 4.78 is 4.75. The van der Waals surface area contributed by atoms with Crippen LogP contribution in [0.5, 0.6) is 0 Å². The zero-order valence-corrected chi connectivity index (χ0v) is 29.1. The van der Waals surface area contributed by atoms with Crippen molar-refractivity contribution in [2.75, 3.05) is 0 Å². The number of hydrogen-bond acceptors (Lipinski definition) is 3. The van der Waals surface area contributed by atoms with Crippen LogP contribution in [0.3, 0.4) is 0 Å². The van der Waals surface area contributed by atoms with E-state index >= 15 is 0 Å². The molecule has 0 spiro atoms. The lowest BCUT2D eigenvalue weighted by Gasteiger charge is -2.12. The Morgan fingerprint density at radius 1 is 0.296 bits per heavy atom. The standard InChI is InChI=1S/C49H31N5/c1-2-14-33(15-3-1)47-50-48(52-49(51-47)42-21-12-16-32-13-4-5-17-37(32)42)34-25-27-35(28-26-34)53-43-22-9-8-20-40(43)41-30-29-36(31-46(41)53)54-44-23-10-6-18-38(44)39-19-7-11-24-45(39)54/h1-31H. The van der Waals surface area contributed by atoms with Crippen molar-refractivity contribution in [3.63, 3.8) is 0 Å². The van der Waals surface area contributed by atoms with Crippen LogP contribution < -0.4 is 0 Å². The third kappa shape index (κ3) is 4.76. The first-order valence-corrected chi connectivity index (χ1v) is 18.2. The van der Waals surface area contributed by atoms with Crippen LogP contribution in [0.2, 0.25) is 0 Å². The Morgan fingerprint density at radius 3 is 1.41 bits per heavy atom. The molecule has 0 aliphatic carbocycles. The third-order valence-corrected chi connectivity index (χ3v) is 10.6. The molecule has 54 heavy (non-hydrogen) atoms. The highest BCUT2D eigenvalue weighted by molar-refractivity contribution is 6.12. The molecule has 5 nitrogen and oxygen atoms in total. The molecule has 11 rings (SSSR count). The molecule has 0 atom stereocenters. The minimum Gasteiger partial charge on any atom is -0.309 e. The first-order valence-electron chi connectivity index (χ1n) is 18.2. The van der Waals surface area contributed by atoms with Gasteiger partial charge in [-0.3, -0.25) is 0 Å². The molecule has 0 bridgehead atoms. The van der Waals surface area contributed by atoms with E-state index in [2.05, 4.69) is 167 Å². The summed E-state index contributed by atoms with van der Waals surface area (Å²) >= 11 is 0. The Morgan fingerprint density at radius 2 is 0.759 bits per heavy atom. The van der Waals surface area contributed by atoms with Gasteiger partial charge < -0.3 is 9.13 Å². The summed E-state index contributed by atoms with van der Waals surface area (Å²) in [5, 5.41) is 7.19. The Balaban J connectivity index is 1.08. The number of nitrogens with zero attached hydrogens (tertiary/aromatic N) is 5. The maximum absolute atomic E-state index is 5.10. The van der Waals surface area contributed by atoms with Crippen molar-refractivity contribution < 1.29 is 0 Å². The second-order valence-corrected chi connectivity index (χ2v) is 13.7. The third-order valence-electron chi connectivity index (χ3n) is 10.6. The minimum atomic E-state index is 0.634. The molecule has 0 saturated heterocycles. The van der Waals surface area contributed by atoms with Gasteiger partial charge in [-0.25, -0.2) is 15.0 Å². The van der Waals surface area contributed by atoms with Crippen molar-refractivity contribution in [3.05, 3.63) is 188 Å². The lowest BCUT2D eigenvalue weighted by Crippen LogP contribution is -2.01. The van der Waals surface area contributed by atoms with E-state index in [9.17, 15) is 0 Å². The van der Waals surface area contributed by atoms with Crippen LogP contribution in [0.1, 0.15) is 0 Å². The monoisotopic (exact) mass is 689 g/mol. The molecule has 0 amide bonds. The number of rotatable bonds is 5. The molecule has 0 N–H and O–H groups in total. The second kappa shape index (κ2) is 12.1. The number of benzene rings is 8. The van der Waals surface area contributed by atoms with Crippen molar-refractivity contribution in [1.29, 1.82) is 0 Å². The Kier molecular flexibility index (Phi) is 6.79. The van der Waals surface area contributed by atoms with Crippen molar-refractivity contribution in [1.82, 2.24) is 24.1 Å². The fourth-order valence-electron chi connectivity index (χ4n) is 8.10. The lowest BCUT2D eigenvalue weighted by atomic mass is 10.0. The molecule has 8 aromatic carbocycles. The van der Waals surface area contributed by atoms with Crippen molar-refractivity contribution in [2.24, 2.45) is 0 Å². The van der Waals surface area contributed by atoms with Gasteiger partial charge in [-0.2, -0.15) is 0 Å². The topological polar surface area (TPSA) is 48.5 Å². The average molecular weight is 690 g/mol. The van der Waals surface area contributed by atoms with E-state index in [1.165, 1.54) is 32.6 Å². The molecule has 0 aliphatic rings. The van der Waals surface area contributed by atoms with Gasteiger partial charge in [0.1, 0.15) is 0 Å². The van der Waals surface area contributed by atoms with Crippen LogP contribution in [0.4, 0.5) is 0 Å². The maximum atomic E-state index is 5.10. The number of fused-ring (bicyclic) bond motifs is 7. The van der Waals surface area contributed by atoms with E-state index in [1.54, 1.807) is 0 Å². The quantitative estimate of drug-likeness (QED) is 0.181. The molecule has 0 saturated carbocycles. The second-order valence-electron chi connectivity index (χ2n) is 13.7. The highest BCUT2D eigenvalue weighted by Crippen LogP contribution is 2.37. The number of aromatic nitrogens is 5. The summed E-state index contributed by atoms with van der Waals surface area (Å²) in [5.74, 6) is 1.93. The van der Waals surface area contributed by atoms with Gasteiger partial charge in [0.25, 0.3) is 0 Å². The highest BCUT2D eigenvalue weighted by Gasteiger charge is 2.18.